The average molecular weight is 302 g/mol. The molecule has 0 radical (unpaired) electrons. The largest absolute Gasteiger partial charge is 0.383 e. The third kappa shape index (κ3) is 2.64. The molecule has 1 aliphatic heterocycles. The Bertz CT molecular complexity index is 421. The molecule has 0 spiro atoms. The highest BCUT2D eigenvalue weighted by atomic mass is 79.9. The lowest BCUT2D eigenvalue weighted by Crippen LogP contribution is -2.53. The van der Waals surface area contributed by atoms with Gasteiger partial charge in [0.25, 0.3) is 0 Å². The molecule has 2 rings (SSSR count). The summed E-state index contributed by atoms with van der Waals surface area (Å²) in [5, 5.41) is 0. The Morgan fingerprint density at radius 3 is 3.00 bits per heavy atom. The van der Waals surface area contributed by atoms with E-state index in [1.165, 1.54) is 0 Å². The molecular formula is C9H12BrN5O2. The van der Waals surface area contributed by atoms with Crippen LogP contribution in [0.1, 0.15) is 0 Å². The highest BCUT2D eigenvalue weighted by Gasteiger charge is 2.29. The van der Waals surface area contributed by atoms with Crippen molar-refractivity contribution in [1.29, 1.82) is 0 Å². The lowest BCUT2D eigenvalue weighted by atomic mass is 10.2. The van der Waals surface area contributed by atoms with Gasteiger partial charge in [-0.1, -0.05) is 0 Å². The zero-order chi connectivity index (χ0) is 12.4. The second kappa shape index (κ2) is 4.84. The predicted molar refractivity (Wildman–Crippen MR) is 65.3 cm³/mol. The molecule has 1 amide bonds. The molecule has 1 aromatic rings. The minimum absolute atomic E-state index is 0.241. The molecule has 1 unspecified atom stereocenters. The summed E-state index contributed by atoms with van der Waals surface area (Å²) in [4.78, 5) is 21.3. The monoisotopic (exact) mass is 301 g/mol. The minimum Gasteiger partial charge on any atom is -0.383 e. The second-order valence-corrected chi connectivity index (χ2v) is 4.41. The van der Waals surface area contributed by atoms with Gasteiger partial charge in [-0.2, -0.15) is 4.98 Å². The number of primary amides is 1. The van der Waals surface area contributed by atoms with Crippen LogP contribution >= 0.6 is 15.9 Å². The van der Waals surface area contributed by atoms with E-state index >= 15 is 0 Å². The van der Waals surface area contributed by atoms with Crippen molar-refractivity contribution in [3.05, 3.63) is 10.7 Å². The number of aromatic nitrogens is 2. The Hall–Kier alpha value is -1.41. The lowest BCUT2D eigenvalue weighted by molar-refractivity contribution is -0.121. The molecule has 4 N–H and O–H groups in total. The molecule has 0 aliphatic carbocycles. The van der Waals surface area contributed by atoms with Gasteiger partial charge in [-0.3, -0.25) is 4.79 Å². The van der Waals surface area contributed by atoms with Crippen LogP contribution in [-0.2, 0) is 9.53 Å². The SMILES string of the molecule is NC(=O)C1COCCN1c1nc(N)cc(Br)n1. The summed E-state index contributed by atoms with van der Waals surface area (Å²) in [7, 11) is 0. The molecule has 8 heteroatoms. The molecule has 0 aromatic carbocycles. The summed E-state index contributed by atoms with van der Waals surface area (Å²) in [5.74, 6) is 0.243. The molecule has 1 aromatic heterocycles. The van der Waals surface area contributed by atoms with Crippen molar-refractivity contribution in [2.24, 2.45) is 5.73 Å². The molecule has 1 atom stereocenters. The molecule has 7 nitrogen and oxygen atoms in total. The average Bonchev–Trinajstić information content (AvgIpc) is 2.27. The Morgan fingerprint density at radius 2 is 2.35 bits per heavy atom. The summed E-state index contributed by atoms with van der Waals surface area (Å²) in [6.45, 7) is 1.24. The fourth-order valence-electron chi connectivity index (χ4n) is 1.63. The second-order valence-electron chi connectivity index (χ2n) is 3.60. The number of anilines is 2. The van der Waals surface area contributed by atoms with E-state index in [1.807, 2.05) is 0 Å². The van der Waals surface area contributed by atoms with Crippen LogP contribution in [0.25, 0.3) is 0 Å². The van der Waals surface area contributed by atoms with Crippen LogP contribution in [0.2, 0.25) is 0 Å². The van der Waals surface area contributed by atoms with E-state index in [1.54, 1.807) is 11.0 Å². The number of nitrogens with two attached hydrogens (primary N) is 2. The predicted octanol–water partition coefficient (Wildman–Crippen LogP) is -0.488. The maximum absolute atomic E-state index is 11.3. The molecular weight excluding hydrogens is 290 g/mol. The molecule has 92 valence electrons. The number of halogens is 1. The van der Waals surface area contributed by atoms with E-state index in [4.69, 9.17) is 16.2 Å². The number of amides is 1. The molecule has 2 heterocycles. The number of morpholine rings is 1. The first-order valence-electron chi connectivity index (χ1n) is 5.01. The van der Waals surface area contributed by atoms with E-state index in [9.17, 15) is 4.79 Å². The topological polar surface area (TPSA) is 107 Å². The van der Waals surface area contributed by atoms with Gasteiger partial charge in [0.2, 0.25) is 11.9 Å². The summed E-state index contributed by atoms with van der Waals surface area (Å²) >= 11 is 3.23. The van der Waals surface area contributed by atoms with Crippen LogP contribution in [0, 0.1) is 0 Å². The minimum atomic E-state index is -0.558. The number of nitrogens with zero attached hydrogens (tertiary/aromatic N) is 3. The van der Waals surface area contributed by atoms with Gasteiger partial charge < -0.3 is 21.1 Å². The van der Waals surface area contributed by atoms with Gasteiger partial charge >= 0.3 is 0 Å². The van der Waals surface area contributed by atoms with Crippen molar-refractivity contribution < 1.29 is 9.53 Å². The molecule has 1 fully saturated rings. The third-order valence-electron chi connectivity index (χ3n) is 2.42. The zero-order valence-corrected chi connectivity index (χ0v) is 10.6. The molecule has 1 aliphatic rings. The van der Waals surface area contributed by atoms with Crippen LogP contribution in [-0.4, -0.2) is 41.7 Å². The fraction of sp³-hybridized carbons (Fsp3) is 0.444. The highest BCUT2D eigenvalue weighted by molar-refractivity contribution is 9.10. The first kappa shape index (κ1) is 12.1. The van der Waals surface area contributed by atoms with Gasteiger partial charge in [0.15, 0.2) is 0 Å². The van der Waals surface area contributed by atoms with Crippen molar-refractivity contribution in [1.82, 2.24) is 9.97 Å². The number of nitrogen functional groups attached to an aromatic ring is 1. The van der Waals surface area contributed by atoms with Gasteiger partial charge in [-0.25, -0.2) is 4.98 Å². The van der Waals surface area contributed by atoms with Gasteiger partial charge in [-0.05, 0) is 15.9 Å². The number of hydrogen-bond donors (Lipinski definition) is 2. The Balaban J connectivity index is 2.32. The van der Waals surface area contributed by atoms with E-state index in [0.717, 1.165) is 0 Å². The molecule has 1 saturated heterocycles. The summed E-state index contributed by atoms with van der Waals surface area (Å²) < 4.78 is 5.78. The Kier molecular flexibility index (Phi) is 3.43. The fourth-order valence-corrected chi connectivity index (χ4v) is 2.02. The van der Waals surface area contributed by atoms with Crippen molar-refractivity contribution in [3.8, 4) is 0 Å². The first-order chi connectivity index (χ1) is 8.08. The van der Waals surface area contributed by atoms with E-state index in [2.05, 4.69) is 25.9 Å². The molecule has 17 heavy (non-hydrogen) atoms. The van der Waals surface area contributed by atoms with Gasteiger partial charge in [0.1, 0.15) is 16.5 Å². The van der Waals surface area contributed by atoms with Crippen molar-refractivity contribution >= 4 is 33.6 Å². The van der Waals surface area contributed by atoms with Crippen LogP contribution < -0.4 is 16.4 Å². The highest BCUT2D eigenvalue weighted by Crippen LogP contribution is 2.19. The Labute approximate surface area is 106 Å². The molecule has 0 bridgehead atoms. The number of carbonyl (C=O) groups excluding carboxylic acids is 1. The first-order valence-corrected chi connectivity index (χ1v) is 5.81. The quantitative estimate of drug-likeness (QED) is 0.714. The third-order valence-corrected chi connectivity index (χ3v) is 2.82. The van der Waals surface area contributed by atoms with Crippen molar-refractivity contribution in [3.63, 3.8) is 0 Å². The number of ether oxygens (including phenoxy) is 1. The zero-order valence-electron chi connectivity index (χ0n) is 8.97. The van der Waals surface area contributed by atoms with Gasteiger partial charge in [0.05, 0.1) is 13.2 Å². The summed E-state index contributed by atoms with van der Waals surface area (Å²) in [6, 6.07) is 1.03. The maximum Gasteiger partial charge on any atom is 0.242 e. The lowest BCUT2D eigenvalue weighted by Gasteiger charge is -2.33. The van der Waals surface area contributed by atoms with Crippen LogP contribution in [0.5, 0.6) is 0 Å². The van der Waals surface area contributed by atoms with E-state index < -0.39 is 11.9 Å². The Morgan fingerprint density at radius 1 is 1.59 bits per heavy atom. The smallest absolute Gasteiger partial charge is 0.242 e. The normalized spacial score (nSPS) is 20.3. The van der Waals surface area contributed by atoms with Crippen molar-refractivity contribution in [2.45, 2.75) is 6.04 Å². The molecule has 0 saturated carbocycles. The number of rotatable bonds is 2. The van der Waals surface area contributed by atoms with E-state index in [0.29, 0.717) is 29.5 Å². The van der Waals surface area contributed by atoms with E-state index in [-0.39, 0.29) is 6.61 Å². The van der Waals surface area contributed by atoms with Gasteiger partial charge in [-0.15, -0.1) is 0 Å². The van der Waals surface area contributed by atoms with Crippen LogP contribution in [0.15, 0.2) is 10.7 Å². The van der Waals surface area contributed by atoms with Crippen LogP contribution in [0.3, 0.4) is 0 Å². The van der Waals surface area contributed by atoms with Crippen molar-refractivity contribution in [2.75, 3.05) is 30.4 Å². The van der Waals surface area contributed by atoms with Gasteiger partial charge in [0, 0.05) is 12.6 Å². The summed E-state index contributed by atoms with van der Waals surface area (Å²) in [6.07, 6.45) is 0. The number of hydrogen-bond acceptors (Lipinski definition) is 6. The summed E-state index contributed by atoms with van der Waals surface area (Å²) in [5.41, 5.74) is 10.9. The standard InChI is InChI=1S/C9H12BrN5O2/c10-6-3-7(11)14-9(13-6)15-1-2-17-4-5(15)8(12)16/h3,5H,1-2,4H2,(H2,12,16)(H2,11,13,14). The maximum atomic E-state index is 11.3. The van der Waals surface area contributed by atoms with Crippen LogP contribution in [0.4, 0.5) is 11.8 Å². The number of carbonyl (C=O) groups is 1.